The molecule has 3 atom stereocenters. The van der Waals surface area contributed by atoms with Gasteiger partial charge in [0.15, 0.2) is 0 Å². The number of aliphatic carboxylic acids is 1. The van der Waals surface area contributed by atoms with Gasteiger partial charge in [-0.15, -0.1) is 0 Å². The lowest BCUT2D eigenvalue weighted by atomic mass is 9.87. The zero-order valence-electron chi connectivity index (χ0n) is 9.34. The molecule has 0 radical (unpaired) electrons. The van der Waals surface area contributed by atoms with Gasteiger partial charge in [0.2, 0.25) is 0 Å². The summed E-state index contributed by atoms with van der Waals surface area (Å²) < 4.78 is 0. The monoisotopic (exact) mass is 199 g/mol. The van der Waals surface area contributed by atoms with Crippen molar-refractivity contribution in [3.8, 4) is 0 Å². The first kappa shape index (κ1) is 11.5. The normalized spacial score (nSPS) is 34.4. The molecule has 0 aromatic carbocycles. The lowest BCUT2D eigenvalue weighted by molar-refractivity contribution is -0.146. The Morgan fingerprint density at radius 2 is 2.36 bits per heavy atom. The van der Waals surface area contributed by atoms with E-state index in [1.807, 2.05) is 6.92 Å². The van der Waals surface area contributed by atoms with Gasteiger partial charge in [0.05, 0.1) is 0 Å². The Morgan fingerprint density at radius 3 is 2.71 bits per heavy atom. The summed E-state index contributed by atoms with van der Waals surface area (Å²) in [5.74, 6) is -0.434. The molecule has 0 saturated heterocycles. The fraction of sp³-hybridized carbons (Fsp3) is 0.909. The van der Waals surface area contributed by atoms with Gasteiger partial charge >= 0.3 is 5.97 Å². The summed E-state index contributed by atoms with van der Waals surface area (Å²) in [5, 5.41) is 12.6. The number of hydrogen-bond acceptors (Lipinski definition) is 2. The van der Waals surface area contributed by atoms with E-state index in [1.54, 1.807) is 0 Å². The van der Waals surface area contributed by atoms with Gasteiger partial charge in [0.1, 0.15) is 5.54 Å². The van der Waals surface area contributed by atoms with Gasteiger partial charge in [-0.2, -0.15) is 0 Å². The minimum Gasteiger partial charge on any atom is -0.480 e. The molecule has 0 aromatic heterocycles. The summed E-state index contributed by atoms with van der Waals surface area (Å²) in [5.41, 5.74) is -0.657. The topological polar surface area (TPSA) is 49.3 Å². The molecular formula is C11H21NO2. The molecule has 0 aliphatic heterocycles. The van der Waals surface area contributed by atoms with Gasteiger partial charge in [0, 0.05) is 6.04 Å². The Balaban J connectivity index is 2.77. The maximum atomic E-state index is 11.3. The Labute approximate surface area is 85.9 Å². The summed E-state index contributed by atoms with van der Waals surface area (Å²) in [7, 11) is 0. The van der Waals surface area contributed by atoms with Crippen LogP contribution in [-0.2, 0) is 4.79 Å². The minimum atomic E-state index is -0.678. The van der Waals surface area contributed by atoms with Crippen molar-refractivity contribution in [2.45, 2.75) is 58.0 Å². The van der Waals surface area contributed by atoms with E-state index in [9.17, 15) is 9.90 Å². The van der Waals surface area contributed by atoms with Crippen LogP contribution in [0.1, 0.15) is 46.5 Å². The summed E-state index contributed by atoms with van der Waals surface area (Å²) in [6, 6.07) is 0.284. The van der Waals surface area contributed by atoms with Crippen LogP contribution >= 0.6 is 0 Å². The molecule has 3 unspecified atom stereocenters. The number of hydrogen-bond donors (Lipinski definition) is 2. The molecule has 14 heavy (non-hydrogen) atoms. The van der Waals surface area contributed by atoms with Crippen LogP contribution in [0.15, 0.2) is 0 Å². The number of carboxylic acid groups (broad SMARTS) is 1. The van der Waals surface area contributed by atoms with Crippen molar-refractivity contribution in [2.75, 3.05) is 0 Å². The highest BCUT2D eigenvalue weighted by Crippen LogP contribution is 2.36. The van der Waals surface area contributed by atoms with E-state index in [4.69, 9.17) is 0 Å². The van der Waals surface area contributed by atoms with Crippen molar-refractivity contribution in [3.63, 3.8) is 0 Å². The molecule has 1 aliphatic carbocycles. The Kier molecular flexibility index (Phi) is 3.53. The lowest BCUT2D eigenvalue weighted by Crippen LogP contribution is -2.56. The third kappa shape index (κ3) is 1.92. The van der Waals surface area contributed by atoms with E-state index in [-0.39, 0.29) is 12.0 Å². The molecule has 1 rings (SSSR count). The molecule has 0 bridgehead atoms. The first-order chi connectivity index (χ1) is 6.53. The van der Waals surface area contributed by atoms with Crippen molar-refractivity contribution in [2.24, 2.45) is 5.92 Å². The highest BCUT2D eigenvalue weighted by Gasteiger charge is 2.47. The predicted molar refractivity (Wildman–Crippen MR) is 56.3 cm³/mol. The van der Waals surface area contributed by atoms with Crippen LogP contribution in [0.2, 0.25) is 0 Å². The van der Waals surface area contributed by atoms with Gasteiger partial charge in [-0.25, -0.2) is 0 Å². The smallest absolute Gasteiger partial charge is 0.324 e. The first-order valence-corrected chi connectivity index (χ1v) is 5.54. The van der Waals surface area contributed by atoms with E-state index in [1.165, 1.54) is 0 Å². The van der Waals surface area contributed by atoms with Crippen LogP contribution in [0.4, 0.5) is 0 Å². The molecule has 0 amide bonds. The second-order valence-corrected chi connectivity index (χ2v) is 4.52. The maximum absolute atomic E-state index is 11.3. The van der Waals surface area contributed by atoms with Gasteiger partial charge < -0.3 is 5.11 Å². The average molecular weight is 199 g/mol. The van der Waals surface area contributed by atoms with Crippen LogP contribution < -0.4 is 5.32 Å². The van der Waals surface area contributed by atoms with Crippen LogP contribution in [-0.4, -0.2) is 22.7 Å². The third-order valence-corrected chi connectivity index (χ3v) is 3.55. The van der Waals surface area contributed by atoms with Gasteiger partial charge in [-0.3, -0.25) is 10.1 Å². The second-order valence-electron chi connectivity index (χ2n) is 4.52. The highest BCUT2D eigenvalue weighted by atomic mass is 16.4. The SMILES string of the molecule is CCC(C)NC1(C(=O)O)CCCC1C. The molecule has 2 N–H and O–H groups in total. The summed E-state index contributed by atoms with van der Waals surface area (Å²) >= 11 is 0. The molecule has 82 valence electrons. The van der Waals surface area contributed by atoms with E-state index in [0.29, 0.717) is 0 Å². The van der Waals surface area contributed by atoms with Crippen LogP contribution in [0.3, 0.4) is 0 Å². The Morgan fingerprint density at radius 1 is 1.71 bits per heavy atom. The lowest BCUT2D eigenvalue weighted by Gasteiger charge is -2.33. The molecular weight excluding hydrogens is 178 g/mol. The van der Waals surface area contributed by atoms with Gasteiger partial charge in [-0.1, -0.05) is 20.3 Å². The van der Waals surface area contributed by atoms with E-state index in [0.717, 1.165) is 25.7 Å². The molecule has 0 aromatic rings. The van der Waals surface area contributed by atoms with E-state index < -0.39 is 11.5 Å². The number of carbonyl (C=O) groups is 1. The second kappa shape index (κ2) is 4.30. The standard InChI is InChI=1S/C11H21NO2/c1-4-9(3)12-11(10(13)14)7-5-6-8(11)2/h8-9,12H,4-7H2,1-3H3,(H,13,14). The largest absolute Gasteiger partial charge is 0.480 e. The van der Waals surface area contributed by atoms with Crippen molar-refractivity contribution in [1.29, 1.82) is 0 Å². The fourth-order valence-corrected chi connectivity index (χ4v) is 2.32. The maximum Gasteiger partial charge on any atom is 0.324 e. The molecule has 3 nitrogen and oxygen atoms in total. The minimum absolute atomic E-state index is 0.244. The van der Waals surface area contributed by atoms with Crippen LogP contribution in [0, 0.1) is 5.92 Å². The predicted octanol–water partition coefficient (Wildman–Crippen LogP) is 2.02. The van der Waals surface area contributed by atoms with Gasteiger partial charge in [0.25, 0.3) is 0 Å². The Hall–Kier alpha value is -0.570. The van der Waals surface area contributed by atoms with Crippen molar-refractivity contribution in [3.05, 3.63) is 0 Å². The fourth-order valence-electron chi connectivity index (χ4n) is 2.32. The quantitative estimate of drug-likeness (QED) is 0.728. The summed E-state index contributed by atoms with van der Waals surface area (Å²) in [6.07, 6.45) is 3.79. The highest BCUT2D eigenvalue weighted by molar-refractivity contribution is 5.79. The number of carboxylic acids is 1. The molecule has 3 heteroatoms. The number of rotatable bonds is 4. The van der Waals surface area contributed by atoms with Gasteiger partial charge in [-0.05, 0) is 32.1 Å². The molecule has 0 heterocycles. The van der Waals surface area contributed by atoms with Crippen molar-refractivity contribution >= 4 is 5.97 Å². The van der Waals surface area contributed by atoms with Crippen LogP contribution in [0.25, 0.3) is 0 Å². The average Bonchev–Trinajstić information content (AvgIpc) is 2.49. The summed E-state index contributed by atoms with van der Waals surface area (Å²) in [4.78, 5) is 11.3. The molecule has 1 aliphatic rings. The zero-order valence-corrected chi connectivity index (χ0v) is 9.34. The van der Waals surface area contributed by atoms with E-state index in [2.05, 4.69) is 19.2 Å². The Bertz CT molecular complexity index is 217. The molecule has 0 spiro atoms. The zero-order chi connectivity index (χ0) is 10.8. The van der Waals surface area contributed by atoms with Crippen molar-refractivity contribution in [1.82, 2.24) is 5.32 Å². The van der Waals surface area contributed by atoms with Crippen molar-refractivity contribution < 1.29 is 9.90 Å². The molecule has 1 fully saturated rings. The third-order valence-electron chi connectivity index (χ3n) is 3.55. The van der Waals surface area contributed by atoms with E-state index >= 15 is 0 Å². The number of nitrogens with one attached hydrogen (secondary N) is 1. The first-order valence-electron chi connectivity index (χ1n) is 5.54. The summed E-state index contributed by atoms with van der Waals surface area (Å²) in [6.45, 7) is 6.17. The van der Waals surface area contributed by atoms with Crippen LogP contribution in [0.5, 0.6) is 0 Å². The molecule has 1 saturated carbocycles.